The number of aromatic nitrogens is 5. The first-order chi connectivity index (χ1) is 15.9. The fourth-order valence-corrected chi connectivity index (χ4v) is 4.30. The highest BCUT2D eigenvalue weighted by atomic mass is 35.5. The molecule has 0 radical (unpaired) electrons. The zero-order valence-electron chi connectivity index (χ0n) is 18.1. The second-order valence-corrected chi connectivity index (χ2v) is 8.32. The van der Waals surface area contributed by atoms with Crippen LogP contribution in [0.3, 0.4) is 0 Å². The van der Waals surface area contributed by atoms with Crippen LogP contribution in [0.5, 0.6) is 0 Å². The van der Waals surface area contributed by atoms with Gasteiger partial charge in [-0.25, -0.2) is 19.3 Å². The predicted molar refractivity (Wildman–Crippen MR) is 128 cm³/mol. The van der Waals surface area contributed by atoms with Gasteiger partial charge in [0.15, 0.2) is 11.5 Å². The van der Waals surface area contributed by atoms with Gasteiger partial charge in [0, 0.05) is 5.69 Å². The Morgan fingerprint density at radius 1 is 1.15 bits per heavy atom. The summed E-state index contributed by atoms with van der Waals surface area (Å²) in [4.78, 5) is 29.5. The number of aryl methyl sites for hydroxylation is 1. The molecule has 0 aliphatic heterocycles. The van der Waals surface area contributed by atoms with Gasteiger partial charge < -0.3 is 10.3 Å². The SMILES string of the molecule is Cc1cccc(-n2c([C@@H](C)Nc3ncnc4[nH]cnc34)cc3ccc(F)c(Cl)c3c2=O)c1C. The minimum absolute atomic E-state index is 0.144. The van der Waals surface area contributed by atoms with Crippen LogP contribution >= 0.6 is 11.6 Å². The van der Waals surface area contributed by atoms with E-state index in [0.717, 1.165) is 11.1 Å². The molecule has 2 N–H and O–H groups in total. The third-order valence-electron chi connectivity index (χ3n) is 5.94. The zero-order chi connectivity index (χ0) is 23.3. The van der Waals surface area contributed by atoms with E-state index in [1.54, 1.807) is 17.0 Å². The first-order valence-electron chi connectivity index (χ1n) is 10.4. The van der Waals surface area contributed by atoms with Crippen molar-refractivity contribution < 1.29 is 4.39 Å². The minimum atomic E-state index is -0.630. The number of anilines is 1. The summed E-state index contributed by atoms with van der Waals surface area (Å²) in [6, 6.07) is 10.1. The van der Waals surface area contributed by atoms with Crippen molar-refractivity contribution >= 4 is 39.4 Å². The summed E-state index contributed by atoms with van der Waals surface area (Å²) in [6.07, 6.45) is 2.99. The van der Waals surface area contributed by atoms with Gasteiger partial charge in [-0.3, -0.25) is 9.36 Å². The summed E-state index contributed by atoms with van der Waals surface area (Å²) in [6.45, 7) is 5.86. The molecule has 3 heterocycles. The molecular weight excluding hydrogens is 443 g/mol. The molecule has 0 unspecified atom stereocenters. The van der Waals surface area contributed by atoms with Crippen LogP contribution in [0.25, 0.3) is 27.6 Å². The number of nitrogens with zero attached hydrogens (tertiary/aromatic N) is 4. The molecule has 7 nitrogen and oxygen atoms in total. The lowest BCUT2D eigenvalue weighted by atomic mass is 10.0. The molecule has 0 aliphatic carbocycles. The van der Waals surface area contributed by atoms with E-state index in [-0.39, 0.29) is 22.0 Å². The number of halogens is 2. The molecule has 5 aromatic rings. The van der Waals surface area contributed by atoms with Gasteiger partial charge in [0.1, 0.15) is 17.7 Å². The van der Waals surface area contributed by atoms with Crippen molar-refractivity contribution in [3.05, 3.63) is 87.1 Å². The quantitative estimate of drug-likeness (QED) is 0.381. The summed E-state index contributed by atoms with van der Waals surface area (Å²) in [5, 5.41) is 3.87. The molecule has 0 fully saturated rings. The number of hydrogen-bond acceptors (Lipinski definition) is 5. The molecule has 1 atom stereocenters. The fraction of sp³-hybridized carbons (Fsp3) is 0.167. The molecule has 0 aliphatic rings. The van der Waals surface area contributed by atoms with Crippen molar-refractivity contribution in [1.29, 1.82) is 0 Å². The number of pyridine rings is 1. The Labute approximate surface area is 193 Å². The third-order valence-corrected chi connectivity index (χ3v) is 6.31. The summed E-state index contributed by atoms with van der Waals surface area (Å²) >= 11 is 6.24. The lowest BCUT2D eigenvalue weighted by molar-refractivity contribution is 0.629. The van der Waals surface area contributed by atoms with E-state index in [0.29, 0.717) is 33.7 Å². The van der Waals surface area contributed by atoms with Crippen LogP contribution < -0.4 is 10.9 Å². The van der Waals surface area contributed by atoms with Crippen LogP contribution in [0.4, 0.5) is 10.2 Å². The normalized spacial score (nSPS) is 12.4. The Morgan fingerprint density at radius 2 is 1.97 bits per heavy atom. The maximum absolute atomic E-state index is 14.3. The number of fused-ring (bicyclic) bond motifs is 2. The topological polar surface area (TPSA) is 88.5 Å². The molecule has 0 saturated carbocycles. The number of rotatable bonds is 4. The van der Waals surface area contributed by atoms with Crippen LogP contribution in [-0.4, -0.2) is 24.5 Å². The minimum Gasteiger partial charge on any atom is -0.360 e. The van der Waals surface area contributed by atoms with Crippen molar-refractivity contribution in [2.24, 2.45) is 0 Å². The van der Waals surface area contributed by atoms with Crippen LogP contribution in [-0.2, 0) is 0 Å². The van der Waals surface area contributed by atoms with Gasteiger partial charge in [-0.2, -0.15) is 0 Å². The maximum Gasteiger partial charge on any atom is 0.264 e. The lowest BCUT2D eigenvalue weighted by Crippen LogP contribution is -2.26. The lowest BCUT2D eigenvalue weighted by Gasteiger charge is -2.23. The molecule has 0 amide bonds. The number of H-pyrrole nitrogens is 1. The van der Waals surface area contributed by atoms with Crippen molar-refractivity contribution in [2.45, 2.75) is 26.8 Å². The molecule has 166 valence electrons. The Hall–Kier alpha value is -3.78. The smallest absolute Gasteiger partial charge is 0.264 e. The van der Waals surface area contributed by atoms with E-state index in [9.17, 15) is 9.18 Å². The van der Waals surface area contributed by atoms with Crippen molar-refractivity contribution in [2.75, 3.05) is 5.32 Å². The molecule has 33 heavy (non-hydrogen) atoms. The van der Waals surface area contributed by atoms with Gasteiger partial charge in [0.2, 0.25) is 0 Å². The van der Waals surface area contributed by atoms with Crippen LogP contribution in [0.2, 0.25) is 5.02 Å². The largest absolute Gasteiger partial charge is 0.360 e. The van der Waals surface area contributed by atoms with Crippen molar-refractivity contribution in [1.82, 2.24) is 24.5 Å². The van der Waals surface area contributed by atoms with Gasteiger partial charge in [-0.1, -0.05) is 29.8 Å². The van der Waals surface area contributed by atoms with Crippen molar-refractivity contribution in [3.8, 4) is 5.69 Å². The Morgan fingerprint density at radius 3 is 2.79 bits per heavy atom. The number of hydrogen-bond donors (Lipinski definition) is 2. The van der Waals surface area contributed by atoms with Gasteiger partial charge in [-0.05, 0) is 55.5 Å². The van der Waals surface area contributed by atoms with E-state index in [2.05, 4.69) is 25.3 Å². The van der Waals surface area contributed by atoms with Gasteiger partial charge in [0.05, 0.1) is 28.5 Å². The van der Waals surface area contributed by atoms with Gasteiger partial charge in [-0.15, -0.1) is 0 Å². The standard InChI is InChI=1S/C24H20ClFN6O/c1-12-5-4-6-17(13(12)2)32-18(9-15-7-8-16(26)20(25)19(15)24(32)33)14(3)31-23-21-22(28-10-27-21)29-11-30-23/h4-11,14H,1-3H3,(H2,27,28,29,30,31)/t14-/m1/s1. The molecule has 5 rings (SSSR count). The second-order valence-electron chi connectivity index (χ2n) is 7.94. The molecule has 2 aromatic carbocycles. The molecular formula is C24H20ClFN6O. The summed E-state index contributed by atoms with van der Waals surface area (Å²) in [5.41, 5.74) is 4.16. The third kappa shape index (κ3) is 3.43. The molecule has 0 spiro atoms. The molecule has 3 aromatic heterocycles. The Bertz CT molecular complexity index is 1590. The first-order valence-corrected chi connectivity index (χ1v) is 10.8. The summed E-state index contributed by atoms with van der Waals surface area (Å²) in [5.74, 6) is -0.0967. The highest BCUT2D eigenvalue weighted by Gasteiger charge is 2.21. The summed E-state index contributed by atoms with van der Waals surface area (Å²) in [7, 11) is 0. The number of imidazole rings is 1. The van der Waals surface area contributed by atoms with Crippen LogP contribution in [0.1, 0.15) is 29.8 Å². The number of aromatic amines is 1. The van der Waals surface area contributed by atoms with Crippen molar-refractivity contribution in [3.63, 3.8) is 0 Å². The Kier molecular flexibility index (Phi) is 5.09. The van der Waals surface area contributed by atoms with Crippen LogP contribution in [0, 0.1) is 19.7 Å². The average Bonchev–Trinajstić information content (AvgIpc) is 3.28. The van der Waals surface area contributed by atoms with Gasteiger partial charge >= 0.3 is 0 Å². The van der Waals surface area contributed by atoms with E-state index in [1.165, 1.54) is 12.4 Å². The first kappa shape index (κ1) is 21.1. The van der Waals surface area contributed by atoms with E-state index in [4.69, 9.17) is 11.6 Å². The predicted octanol–water partition coefficient (Wildman–Crippen LogP) is 5.24. The molecule has 9 heteroatoms. The van der Waals surface area contributed by atoms with E-state index >= 15 is 0 Å². The maximum atomic E-state index is 14.3. The fourth-order valence-electron chi connectivity index (χ4n) is 4.05. The van der Waals surface area contributed by atoms with Gasteiger partial charge in [0.25, 0.3) is 5.56 Å². The van der Waals surface area contributed by atoms with E-state index < -0.39 is 5.82 Å². The highest BCUT2D eigenvalue weighted by molar-refractivity contribution is 6.35. The van der Waals surface area contributed by atoms with E-state index in [1.807, 2.05) is 45.0 Å². The second kappa shape index (κ2) is 7.97. The Balaban J connectivity index is 1.77. The van der Waals surface area contributed by atoms with Crippen LogP contribution in [0.15, 0.2) is 53.8 Å². The average molecular weight is 463 g/mol. The number of benzene rings is 2. The number of nitrogens with one attached hydrogen (secondary N) is 2. The molecule has 0 bridgehead atoms. The zero-order valence-corrected chi connectivity index (χ0v) is 18.9. The highest BCUT2D eigenvalue weighted by Crippen LogP contribution is 2.30. The molecule has 0 saturated heterocycles. The summed E-state index contributed by atoms with van der Waals surface area (Å²) < 4.78 is 15.8. The monoisotopic (exact) mass is 462 g/mol.